The van der Waals surface area contributed by atoms with Crippen molar-refractivity contribution >= 4 is 18.5 Å². The quantitative estimate of drug-likeness (QED) is 0.708. The second kappa shape index (κ2) is 3.46. The van der Waals surface area contributed by atoms with Gasteiger partial charge in [0, 0.05) is 0 Å². The van der Waals surface area contributed by atoms with Crippen LogP contribution in [0.3, 0.4) is 0 Å². The molecule has 0 radical (unpaired) electrons. The largest absolute Gasteiger partial charge is 0.356 e. The van der Waals surface area contributed by atoms with E-state index in [1.807, 2.05) is 6.92 Å². The normalized spacial score (nSPS) is 11.3. The van der Waals surface area contributed by atoms with Crippen LogP contribution in [0.4, 0.5) is 0 Å². The molecule has 0 aliphatic heterocycles. The van der Waals surface area contributed by atoms with Crippen molar-refractivity contribution in [2.24, 2.45) is 0 Å². The summed E-state index contributed by atoms with van der Waals surface area (Å²) in [6.45, 7) is 5.56. The summed E-state index contributed by atoms with van der Waals surface area (Å²) in [6.07, 6.45) is 0. The third kappa shape index (κ3) is 2.52. The van der Waals surface area contributed by atoms with Gasteiger partial charge in [0.25, 0.3) is 0 Å². The molecule has 0 aromatic heterocycles. The molecule has 0 bridgehead atoms. The summed E-state index contributed by atoms with van der Waals surface area (Å²) in [5.74, 6) is 0. The van der Waals surface area contributed by atoms with Crippen LogP contribution in [0.5, 0.6) is 0 Å². The summed E-state index contributed by atoms with van der Waals surface area (Å²) in [4.78, 5) is 17.6. The maximum absolute atomic E-state index is 10.8. The molecule has 3 nitrogen and oxygen atoms in total. The fraction of sp³-hybridized carbons (Fsp3) is 0.111. The van der Waals surface area contributed by atoms with Crippen LogP contribution in [0.25, 0.3) is 5.57 Å². The molecule has 1 aromatic carbocycles. The maximum Gasteiger partial charge on any atom is 0.356 e. The number of hydrogen-bond donors (Lipinski definition) is 2. The highest BCUT2D eigenvalue weighted by Crippen LogP contribution is 2.33. The lowest BCUT2D eigenvalue weighted by Gasteiger charge is -2.04. The maximum atomic E-state index is 10.8. The molecule has 70 valence electrons. The van der Waals surface area contributed by atoms with E-state index in [9.17, 15) is 4.57 Å². The van der Waals surface area contributed by atoms with E-state index in [4.69, 9.17) is 9.79 Å². The topological polar surface area (TPSA) is 57.5 Å². The smallest absolute Gasteiger partial charge is 0.321 e. The van der Waals surface area contributed by atoms with Crippen molar-refractivity contribution in [1.29, 1.82) is 0 Å². The van der Waals surface area contributed by atoms with Gasteiger partial charge < -0.3 is 9.79 Å². The Labute approximate surface area is 76.9 Å². The molecule has 0 unspecified atom stereocenters. The predicted molar refractivity (Wildman–Crippen MR) is 52.8 cm³/mol. The molecule has 0 aliphatic rings. The van der Waals surface area contributed by atoms with Crippen LogP contribution in [0, 0.1) is 0 Å². The summed E-state index contributed by atoms with van der Waals surface area (Å²) in [5.41, 5.74) is 1.76. The Balaban J connectivity index is 3.08. The van der Waals surface area contributed by atoms with Gasteiger partial charge in [0.15, 0.2) is 0 Å². The molecule has 0 saturated carbocycles. The first-order chi connectivity index (χ1) is 5.91. The van der Waals surface area contributed by atoms with Crippen molar-refractivity contribution < 1.29 is 14.4 Å². The van der Waals surface area contributed by atoms with Gasteiger partial charge >= 0.3 is 7.60 Å². The Kier molecular flexibility index (Phi) is 2.71. The van der Waals surface area contributed by atoms with Gasteiger partial charge in [0.1, 0.15) is 0 Å². The van der Waals surface area contributed by atoms with Gasteiger partial charge in [-0.1, -0.05) is 24.3 Å². The SMILES string of the molecule is C=C(C)c1ccc(P(=O)(O)O)cc1. The highest BCUT2D eigenvalue weighted by molar-refractivity contribution is 7.60. The van der Waals surface area contributed by atoms with Gasteiger partial charge in [-0.15, -0.1) is 0 Å². The summed E-state index contributed by atoms with van der Waals surface area (Å²) in [5, 5.41) is 0.0394. The Bertz CT molecular complexity index is 361. The third-order valence-corrected chi connectivity index (χ3v) is 2.67. The predicted octanol–water partition coefficient (Wildman–Crippen LogP) is 1.52. The summed E-state index contributed by atoms with van der Waals surface area (Å²) in [6, 6.07) is 6.14. The minimum Gasteiger partial charge on any atom is -0.321 e. The van der Waals surface area contributed by atoms with Crippen molar-refractivity contribution in [2.75, 3.05) is 0 Å². The molecule has 0 aliphatic carbocycles. The number of benzene rings is 1. The molecule has 0 saturated heterocycles. The second-order valence-corrected chi connectivity index (χ2v) is 4.48. The lowest BCUT2D eigenvalue weighted by atomic mass is 10.1. The zero-order chi connectivity index (χ0) is 10.1. The highest BCUT2D eigenvalue weighted by Gasteiger charge is 2.15. The van der Waals surface area contributed by atoms with Crippen LogP contribution < -0.4 is 5.30 Å². The van der Waals surface area contributed by atoms with E-state index in [1.165, 1.54) is 12.1 Å². The van der Waals surface area contributed by atoms with E-state index in [-0.39, 0.29) is 5.30 Å². The molecule has 0 heterocycles. The fourth-order valence-corrected chi connectivity index (χ4v) is 1.48. The zero-order valence-corrected chi connectivity index (χ0v) is 8.16. The van der Waals surface area contributed by atoms with Gasteiger partial charge in [-0.05, 0) is 24.6 Å². The van der Waals surface area contributed by atoms with Crippen molar-refractivity contribution in [2.45, 2.75) is 6.92 Å². The van der Waals surface area contributed by atoms with Crippen LogP contribution in [0.15, 0.2) is 30.8 Å². The Hall–Kier alpha value is -0.890. The average molecular weight is 198 g/mol. The molecule has 0 spiro atoms. The third-order valence-electron chi connectivity index (χ3n) is 1.70. The van der Waals surface area contributed by atoms with Gasteiger partial charge in [0.2, 0.25) is 0 Å². The van der Waals surface area contributed by atoms with Gasteiger partial charge in [0.05, 0.1) is 5.30 Å². The highest BCUT2D eigenvalue weighted by atomic mass is 31.2. The number of rotatable bonds is 2. The summed E-state index contributed by atoms with van der Waals surface area (Å²) < 4.78 is 10.8. The number of allylic oxidation sites excluding steroid dienone is 1. The first kappa shape index (κ1) is 10.2. The van der Waals surface area contributed by atoms with Gasteiger partial charge in [-0.3, -0.25) is 4.57 Å². The molecule has 2 N–H and O–H groups in total. The van der Waals surface area contributed by atoms with E-state index >= 15 is 0 Å². The van der Waals surface area contributed by atoms with Crippen LogP contribution in [0.1, 0.15) is 12.5 Å². The molecular weight excluding hydrogens is 187 g/mol. The van der Waals surface area contributed by atoms with Crippen molar-refractivity contribution in [3.63, 3.8) is 0 Å². The van der Waals surface area contributed by atoms with E-state index in [0.717, 1.165) is 11.1 Å². The minimum atomic E-state index is -4.10. The summed E-state index contributed by atoms with van der Waals surface area (Å²) in [7, 11) is -4.10. The molecule has 0 amide bonds. The molecule has 13 heavy (non-hydrogen) atoms. The van der Waals surface area contributed by atoms with Crippen LogP contribution in [0.2, 0.25) is 0 Å². The van der Waals surface area contributed by atoms with E-state index < -0.39 is 7.60 Å². The van der Waals surface area contributed by atoms with Crippen LogP contribution >= 0.6 is 7.60 Å². The van der Waals surface area contributed by atoms with Crippen LogP contribution in [-0.4, -0.2) is 9.79 Å². The van der Waals surface area contributed by atoms with Gasteiger partial charge in [-0.25, -0.2) is 0 Å². The summed E-state index contributed by atoms with van der Waals surface area (Å²) >= 11 is 0. The molecule has 4 heteroatoms. The fourth-order valence-electron chi connectivity index (χ4n) is 0.940. The first-order valence-electron chi connectivity index (χ1n) is 3.73. The standard InChI is InChI=1S/C9H11O3P/c1-7(2)8-3-5-9(6-4-8)13(10,11)12/h3-6H,1H2,2H3,(H2,10,11,12). The minimum absolute atomic E-state index is 0.0394. The zero-order valence-electron chi connectivity index (χ0n) is 7.27. The van der Waals surface area contributed by atoms with Crippen molar-refractivity contribution in [3.05, 3.63) is 36.4 Å². The Morgan fingerprint density at radius 2 is 1.77 bits per heavy atom. The number of hydrogen-bond acceptors (Lipinski definition) is 1. The van der Waals surface area contributed by atoms with Gasteiger partial charge in [-0.2, -0.15) is 0 Å². The van der Waals surface area contributed by atoms with E-state index in [2.05, 4.69) is 6.58 Å². The van der Waals surface area contributed by atoms with E-state index in [0.29, 0.717) is 0 Å². The van der Waals surface area contributed by atoms with E-state index in [1.54, 1.807) is 12.1 Å². The Morgan fingerprint density at radius 1 is 1.31 bits per heavy atom. The van der Waals surface area contributed by atoms with Crippen molar-refractivity contribution in [1.82, 2.24) is 0 Å². The lowest BCUT2D eigenvalue weighted by Crippen LogP contribution is -2.02. The molecule has 1 aromatic rings. The molecule has 1 rings (SSSR count). The molecule has 0 fully saturated rings. The second-order valence-electron chi connectivity index (χ2n) is 2.87. The Morgan fingerprint density at radius 3 is 2.08 bits per heavy atom. The van der Waals surface area contributed by atoms with Crippen molar-refractivity contribution in [3.8, 4) is 0 Å². The van der Waals surface area contributed by atoms with Crippen LogP contribution in [-0.2, 0) is 4.57 Å². The average Bonchev–Trinajstić information content (AvgIpc) is 2.03. The monoisotopic (exact) mass is 198 g/mol. The molecular formula is C9H11O3P. The lowest BCUT2D eigenvalue weighted by molar-refractivity contribution is 0.387. The first-order valence-corrected chi connectivity index (χ1v) is 5.34. The molecule has 0 atom stereocenters.